The summed E-state index contributed by atoms with van der Waals surface area (Å²) in [5, 5.41) is 3.95. The zero-order valence-corrected chi connectivity index (χ0v) is 13.1. The average Bonchev–Trinajstić information content (AvgIpc) is 2.74. The summed E-state index contributed by atoms with van der Waals surface area (Å²) in [6.45, 7) is 6.16. The predicted molar refractivity (Wildman–Crippen MR) is 83.4 cm³/mol. The number of halogens is 1. The minimum Gasteiger partial charge on any atom is -0.444 e. The molecule has 0 aliphatic carbocycles. The molecule has 1 aromatic carbocycles. The van der Waals surface area contributed by atoms with E-state index in [9.17, 15) is 9.18 Å². The molecule has 1 unspecified atom stereocenters. The predicted octanol–water partition coefficient (Wildman–Crippen LogP) is 3.62. The third kappa shape index (κ3) is 3.08. The van der Waals surface area contributed by atoms with Gasteiger partial charge in [-0.05, 0) is 57.9 Å². The van der Waals surface area contributed by atoms with E-state index in [0.29, 0.717) is 6.54 Å². The Morgan fingerprint density at radius 2 is 2.14 bits per heavy atom. The first-order valence-corrected chi connectivity index (χ1v) is 7.59. The number of benzene rings is 1. The second kappa shape index (κ2) is 5.30. The molecule has 2 heterocycles. The Balaban J connectivity index is 1.77. The van der Waals surface area contributed by atoms with E-state index in [1.54, 1.807) is 12.1 Å². The maximum atomic E-state index is 13.5. The molecule has 1 atom stereocenters. The maximum Gasteiger partial charge on any atom is 0.407 e. The monoisotopic (exact) mass is 304 g/mol. The van der Waals surface area contributed by atoms with Crippen LogP contribution in [0.5, 0.6) is 0 Å². The molecule has 1 N–H and O–H groups in total. The van der Waals surface area contributed by atoms with Crippen LogP contribution in [0.25, 0.3) is 10.9 Å². The lowest BCUT2D eigenvalue weighted by Gasteiger charge is -2.28. The molecule has 0 fully saturated rings. The summed E-state index contributed by atoms with van der Waals surface area (Å²) in [6, 6.07) is 6.92. The number of alkyl carbamates (subject to hydrolysis) is 1. The summed E-state index contributed by atoms with van der Waals surface area (Å²) in [4.78, 5) is 11.9. The number of ether oxygens (including phenoxy) is 1. The van der Waals surface area contributed by atoms with Crippen LogP contribution in [0.4, 0.5) is 9.18 Å². The highest BCUT2D eigenvalue weighted by atomic mass is 19.1. The summed E-state index contributed by atoms with van der Waals surface area (Å²) in [5.41, 5.74) is 1.56. The average molecular weight is 304 g/mol. The van der Waals surface area contributed by atoms with E-state index >= 15 is 0 Å². The van der Waals surface area contributed by atoms with Crippen LogP contribution >= 0.6 is 0 Å². The fourth-order valence-corrected chi connectivity index (χ4v) is 2.93. The van der Waals surface area contributed by atoms with E-state index in [4.69, 9.17) is 4.74 Å². The molecule has 1 aliphatic heterocycles. The van der Waals surface area contributed by atoms with Crippen LogP contribution in [0.2, 0.25) is 0 Å². The number of hydrogen-bond acceptors (Lipinski definition) is 2. The standard InChI is InChI=1S/C17H21FN2O2/c1-17(2,3)22-16(21)19-13-6-7-14-8-11-4-5-12(18)9-15(11)20(14)10-13/h4-5,8-9,13H,6-7,10H2,1-3H3,(H,19,21). The molecule has 0 saturated carbocycles. The molecule has 1 aliphatic rings. The lowest BCUT2D eigenvalue weighted by atomic mass is 10.1. The van der Waals surface area contributed by atoms with Gasteiger partial charge in [-0.15, -0.1) is 0 Å². The molecule has 118 valence electrons. The van der Waals surface area contributed by atoms with Gasteiger partial charge in [-0.25, -0.2) is 9.18 Å². The fraction of sp³-hybridized carbons (Fsp3) is 0.471. The van der Waals surface area contributed by atoms with Crippen molar-refractivity contribution < 1.29 is 13.9 Å². The number of carbonyl (C=O) groups is 1. The van der Waals surface area contributed by atoms with Crippen LogP contribution in [0.3, 0.4) is 0 Å². The van der Waals surface area contributed by atoms with Crippen molar-refractivity contribution in [2.75, 3.05) is 0 Å². The van der Waals surface area contributed by atoms with Crippen LogP contribution in [-0.4, -0.2) is 22.3 Å². The topological polar surface area (TPSA) is 43.3 Å². The highest BCUT2D eigenvalue weighted by Gasteiger charge is 2.24. The molecule has 0 saturated heterocycles. The van der Waals surface area contributed by atoms with Crippen LogP contribution in [0.15, 0.2) is 24.3 Å². The van der Waals surface area contributed by atoms with Gasteiger partial charge in [-0.2, -0.15) is 0 Å². The second-order valence-electron chi connectivity index (χ2n) is 6.83. The Labute approximate surface area is 129 Å². The quantitative estimate of drug-likeness (QED) is 0.874. The van der Waals surface area contributed by atoms with Crippen LogP contribution in [0, 0.1) is 5.82 Å². The third-order valence-electron chi connectivity index (χ3n) is 3.82. The van der Waals surface area contributed by atoms with Crippen molar-refractivity contribution in [3.05, 3.63) is 35.8 Å². The lowest BCUT2D eigenvalue weighted by molar-refractivity contribution is 0.0493. The van der Waals surface area contributed by atoms with Crippen molar-refractivity contribution in [3.8, 4) is 0 Å². The molecular formula is C17H21FN2O2. The minimum atomic E-state index is -0.507. The number of carbonyl (C=O) groups excluding carboxylic acids is 1. The molecule has 0 bridgehead atoms. The third-order valence-corrected chi connectivity index (χ3v) is 3.82. The minimum absolute atomic E-state index is 0.00113. The van der Waals surface area contributed by atoms with Crippen molar-refractivity contribution in [2.24, 2.45) is 0 Å². The van der Waals surface area contributed by atoms with Gasteiger partial charge in [-0.1, -0.05) is 0 Å². The Morgan fingerprint density at radius 1 is 1.36 bits per heavy atom. The van der Waals surface area contributed by atoms with Gasteiger partial charge < -0.3 is 14.6 Å². The van der Waals surface area contributed by atoms with Crippen LogP contribution in [-0.2, 0) is 17.7 Å². The highest BCUT2D eigenvalue weighted by Crippen LogP contribution is 2.26. The van der Waals surface area contributed by atoms with Gasteiger partial charge in [0.05, 0.1) is 11.6 Å². The normalized spacial score (nSPS) is 18.1. The van der Waals surface area contributed by atoms with Crippen LogP contribution in [0.1, 0.15) is 32.9 Å². The SMILES string of the molecule is CC(C)(C)OC(=O)NC1CCc2cc3ccc(F)cc3n2C1. The zero-order chi connectivity index (χ0) is 15.9. The van der Waals surface area contributed by atoms with E-state index in [1.165, 1.54) is 11.8 Å². The number of nitrogens with zero attached hydrogens (tertiary/aromatic N) is 1. The fourth-order valence-electron chi connectivity index (χ4n) is 2.93. The molecule has 2 aromatic rings. The molecule has 0 radical (unpaired) electrons. The van der Waals surface area contributed by atoms with Gasteiger partial charge in [0.1, 0.15) is 11.4 Å². The van der Waals surface area contributed by atoms with Crippen molar-refractivity contribution in [1.82, 2.24) is 9.88 Å². The summed E-state index contributed by atoms with van der Waals surface area (Å²) < 4.78 is 20.9. The van der Waals surface area contributed by atoms with E-state index in [2.05, 4.69) is 16.0 Å². The van der Waals surface area contributed by atoms with Crippen LogP contribution < -0.4 is 5.32 Å². The van der Waals surface area contributed by atoms with Gasteiger partial charge in [0, 0.05) is 17.6 Å². The van der Waals surface area contributed by atoms with Gasteiger partial charge in [0.15, 0.2) is 0 Å². The molecule has 1 aromatic heterocycles. The summed E-state index contributed by atoms with van der Waals surface area (Å²) in [7, 11) is 0. The zero-order valence-electron chi connectivity index (χ0n) is 13.1. The van der Waals surface area contributed by atoms with Crippen molar-refractivity contribution in [1.29, 1.82) is 0 Å². The Bertz CT molecular complexity index is 715. The highest BCUT2D eigenvalue weighted by molar-refractivity contribution is 5.81. The number of aryl methyl sites for hydroxylation is 1. The Hall–Kier alpha value is -2.04. The summed E-state index contributed by atoms with van der Waals surface area (Å²) >= 11 is 0. The Kier molecular flexibility index (Phi) is 3.59. The van der Waals surface area contributed by atoms with Crippen molar-refractivity contribution >= 4 is 17.0 Å². The first-order chi connectivity index (χ1) is 10.3. The number of nitrogens with one attached hydrogen (secondary N) is 1. The largest absolute Gasteiger partial charge is 0.444 e. The van der Waals surface area contributed by atoms with E-state index in [-0.39, 0.29) is 11.9 Å². The number of rotatable bonds is 1. The number of fused-ring (bicyclic) bond motifs is 3. The van der Waals surface area contributed by atoms with Crippen molar-refractivity contribution in [2.45, 2.75) is 51.8 Å². The van der Waals surface area contributed by atoms with E-state index < -0.39 is 11.7 Å². The van der Waals surface area contributed by atoms with E-state index in [1.807, 2.05) is 20.8 Å². The van der Waals surface area contributed by atoms with Gasteiger partial charge in [0.25, 0.3) is 0 Å². The first-order valence-electron chi connectivity index (χ1n) is 7.59. The number of aromatic nitrogens is 1. The van der Waals surface area contributed by atoms with E-state index in [0.717, 1.165) is 23.7 Å². The molecule has 22 heavy (non-hydrogen) atoms. The maximum absolute atomic E-state index is 13.5. The number of amides is 1. The summed E-state index contributed by atoms with van der Waals surface area (Å²) in [6.07, 6.45) is 1.32. The van der Waals surface area contributed by atoms with Gasteiger partial charge >= 0.3 is 6.09 Å². The molecular weight excluding hydrogens is 283 g/mol. The molecule has 1 amide bonds. The molecule has 0 spiro atoms. The summed E-state index contributed by atoms with van der Waals surface area (Å²) in [5.74, 6) is -0.240. The smallest absolute Gasteiger partial charge is 0.407 e. The molecule has 3 rings (SSSR count). The van der Waals surface area contributed by atoms with Crippen molar-refractivity contribution in [3.63, 3.8) is 0 Å². The van der Waals surface area contributed by atoms with Gasteiger partial charge in [0.2, 0.25) is 0 Å². The van der Waals surface area contributed by atoms with Gasteiger partial charge in [-0.3, -0.25) is 0 Å². The lowest BCUT2D eigenvalue weighted by Crippen LogP contribution is -2.43. The molecule has 5 heteroatoms. The Morgan fingerprint density at radius 3 is 2.86 bits per heavy atom. The second-order valence-corrected chi connectivity index (χ2v) is 6.83. The number of hydrogen-bond donors (Lipinski definition) is 1. The first kappa shape index (κ1) is 14.9. The molecule has 4 nitrogen and oxygen atoms in total.